The monoisotopic (exact) mass is 324 g/mol. The predicted molar refractivity (Wildman–Crippen MR) is 75.1 cm³/mol. The molecular formula is C14H17ClF4N2. The summed E-state index contributed by atoms with van der Waals surface area (Å²) in [6, 6.07) is 4.40. The highest BCUT2D eigenvalue weighted by Gasteiger charge is 2.32. The molecule has 0 atom stereocenters. The van der Waals surface area contributed by atoms with Gasteiger partial charge >= 0.3 is 6.18 Å². The van der Waals surface area contributed by atoms with E-state index in [1.807, 2.05) is 0 Å². The first kappa shape index (κ1) is 16.4. The van der Waals surface area contributed by atoms with E-state index < -0.39 is 18.5 Å². The van der Waals surface area contributed by atoms with Crippen molar-refractivity contribution in [3.8, 4) is 0 Å². The standard InChI is InChI=1S/C14H17ClF4N2/c15-12-7-11(1-2-13(12)16)20-8-10-3-5-21(6-4-10)9-14(17,18)19/h1-2,7,10,20H,3-6,8-9H2. The van der Waals surface area contributed by atoms with Crippen molar-refractivity contribution < 1.29 is 17.6 Å². The highest BCUT2D eigenvalue weighted by Crippen LogP contribution is 2.24. The molecule has 1 heterocycles. The van der Waals surface area contributed by atoms with Crippen LogP contribution in [0, 0.1) is 11.7 Å². The Morgan fingerprint density at radius 2 is 1.90 bits per heavy atom. The second-order valence-corrected chi connectivity index (χ2v) is 5.75. The SMILES string of the molecule is Fc1ccc(NCC2CCN(CC(F)(F)F)CC2)cc1Cl. The van der Waals surface area contributed by atoms with Gasteiger partial charge < -0.3 is 5.32 Å². The fraction of sp³-hybridized carbons (Fsp3) is 0.571. The minimum Gasteiger partial charge on any atom is -0.385 e. The summed E-state index contributed by atoms with van der Waals surface area (Å²) in [7, 11) is 0. The van der Waals surface area contributed by atoms with Crippen molar-refractivity contribution in [2.45, 2.75) is 19.0 Å². The number of hydrogen-bond acceptors (Lipinski definition) is 2. The number of anilines is 1. The molecule has 21 heavy (non-hydrogen) atoms. The van der Waals surface area contributed by atoms with Crippen molar-refractivity contribution in [1.82, 2.24) is 4.90 Å². The highest BCUT2D eigenvalue weighted by atomic mass is 35.5. The maximum atomic E-state index is 13.0. The molecule has 0 radical (unpaired) electrons. The van der Waals surface area contributed by atoms with Gasteiger partial charge in [-0.15, -0.1) is 0 Å². The molecule has 1 aliphatic rings. The fourth-order valence-corrected chi connectivity index (χ4v) is 2.65. The Hall–Kier alpha value is -1.01. The summed E-state index contributed by atoms with van der Waals surface area (Å²) in [6.45, 7) is 0.731. The van der Waals surface area contributed by atoms with Gasteiger partial charge in [-0.25, -0.2) is 4.39 Å². The molecule has 1 aromatic carbocycles. The molecule has 1 aliphatic heterocycles. The summed E-state index contributed by atoms with van der Waals surface area (Å²) in [5, 5.41) is 3.21. The van der Waals surface area contributed by atoms with Gasteiger partial charge in [0.2, 0.25) is 0 Å². The molecule has 0 unspecified atom stereocenters. The number of hydrogen-bond donors (Lipinski definition) is 1. The van der Waals surface area contributed by atoms with Crippen LogP contribution in [0.3, 0.4) is 0 Å². The molecule has 0 saturated carbocycles. The minimum absolute atomic E-state index is 0.0556. The molecule has 0 spiro atoms. The second kappa shape index (κ2) is 6.83. The zero-order valence-corrected chi connectivity index (χ0v) is 12.1. The van der Waals surface area contributed by atoms with E-state index in [9.17, 15) is 17.6 Å². The van der Waals surface area contributed by atoms with Gasteiger partial charge in [0.1, 0.15) is 5.82 Å². The summed E-state index contributed by atoms with van der Waals surface area (Å²) in [6.07, 6.45) is -2.69. The zero-order valence-electron chi connectivity index (χ0n) is 11.4. The van der Waals surface area contributed by atoms with Crippen molar-refractivity contribution in [3.05, 3.63) is 29.0 Å². The van der Waals surface area contributed by atoms with E-state index in [1.165, 1.54) is 17.0 Å². The molecule has 118 valence electrons. The summed E-state index contributed by atoms with van der Waals surface area (Å²) in [4.78, 5) is 1.44. The first-order valence-electron chi connectivity index (χ1n) is 6.81. The number of alkyl halides is 3. The van der Waals surface area contributed by atoms with Crippen LogP contribution in [0.25, 0.3) is 0 Å². The average molecular weight is 325 g/mol. The van der Waals surface area contributed by atoms with Gasteiger partial charge in [0.25, 0.3) is 0 Å². The van der Waals surface area contributed by atoms with Gasteiger partial charge in [-0.2, -0.15) is 13.2 Å². The Labute approximate surface area is 126 Å². The van der Waals surface area contributed by atoms with E-state index in [0.717, 1.165) is 18.5 Å². The third kappa shape index (κ3) is 5.36. The van der Waals surface area contributed by atoms with Crippen molar-refractivity contribution in [1.29, 1.82) is 0 Å². The first-order valence-corrected chi connectivity index (χ1v) is 7.19. The number of likely N-dealkylation sites (tertiary alicyclic amines) is 1. The second-order valence-electron chi connectivity index (χ2n) is 5.34. The Morgan fingerprint density at radius 1 is 1.24 bits per heavy atom. The quantitative estimate of drug-likeness (QED) is 0.836. The van der Waals surface area contributed by atoms with Gasteiger partial charge in [0.15, 0.2) is 0 Å². The van der Waals surface area contributed by atoms with E-state index >= 15 is 0 Å². The molecule has 0 aliphatic carbocycles. The lowest BCUT2D eigenvalue weighted by molar-refractivity contribution is -0.148. The lowest BCUT2D eigenvalue weighted by Crippen LogP contribution is -2.41. The molecule has 7 heteroatoms. The number of rotatable bonds is 4. The average Bonchev–Trinajstić information content (AvgIpc) is 2.40. The molecule has 2 nitrogen and oxygen atoms in total. The van der Waals surface area contributed by atoms with Crippen molar-refractivity contribution in [3.63, 3.8) is 0 Å². The number of nitrogens with zero attached hydrogens (tertiary/aromatic N) is 1. The van der Waals surface area contributed by atoms with E-state index in [-0.39, 0.29) is 5.02 Å². The van der Waals surface area contributed by atoms with Gasteiger partial charge in [-0.05, 0) is 50.0 Å². The van der Waals surface area contributed by atoms with Crippen LogP contribution in [-0.2, 0) is 0 Å². The van der Waals surface area contributed by atoms with Crippen LogP contribution >= 0.6 is 11.6 Å². The van der Waals surface area contributed by atoms with E-state index in [2.05, 4.69) is 5.32 Å². The van der Waals surface area contributed by atoms with Crippen LogP contribution in [0.15, 0.2) is 18.2 Å². The number of piperidine rings is 1. The molecule has 0 bridgehead atoms. The lowest BCUT2D eigenvalue weighted by atomic mass is 9.96. The minimum atomic E-state index is -4.13. The van der Waals surface area contributed by atoms with Gasteiger partial charge in [-0.1, -0.05) is 11.6 Å². The van der Waals surface area contributed by atoms with Crippen LogP contribution in [-0.4, -0.2) is 37.3 Å². The van der Waals surface area contributed by atoms with Crippen molar-refractivity contribution >= 4 is 17.3 Å². The van der Waals surface area contributed by atoms with Crippen LogP contribution in [0.2, 0.25) is 5.02 Å². The summed E-state index contributed by atoms with van der Waals surface area (Å²) >= 11 is 5.69. The normalized spacial score (nSPS) is 18.0. The molecule has 0 amide bonds. The molecule has 1 saturated heterocycles. The first-order chi connectivity index (χ1) is 9.83. The van der Waals surface area contributed by atoms with Gasteiger partial charge in [-0.3, -0.25) is 4.90 Å². The van der Waals surface area contributed by atoms with Gasteiger partial charge in [0, 0.05) is 12.2 Å². The maximum Gasteiger partial charge on any atom is 0.401 e. The van der Waals surface area contributed by atoms with E-state index in [0.29, 0.717) is 25.6 Å². The Morgan fingerprint density at radius 3 is 2.48 bits per heavy atom. The van der Waals surface area contributed by atoms with E-state index in [1.54, 1.807) is 6.07 Å². The molecule has 1 N–H and O–H groups in total. The summed E-state index contributed by atoms with van der Waals surface area (Å²) < 4.78 is 49.9. The van der Waals surface area contributed by atoms with E-state index in [4.69, 9.17) is 11.6 Å². The Kier molecular flexibility index (Phi) is 5.32. The van der Waals surface area contributed by atoms with Crippen molar-refractivity contribution in [2.24, 2.45) is 5.92 Å². The largest absolute Gasteiger partial charge is 0.401 e. The zero-order chi connectivity index (χ0) is 15.5. The van der Waals surface area contributed by atoms with Crippen molar-refractivity contribution in [2.75, 3.05) is 31.5 Å². The third-order valence-corrected chi connectivity index (χ3v) is 3.91. The summed E-state index contributed by atoms with van der Waals surface area (Å²) in [5.74, 6) is -0.152. The van der Waals surface area contributed by atoms with Crippen LogP contribution in [0.5, 0.6) is 0 Å². The molecule has 0 aromatic heterocycles. The van der Waals surface area contributed by atoms with Crippen LogP contribution < -0.4 is 5.32 Å². The highest BCUT2D eigenvalue weighted by molar-refractivity contribution is 6.31. The molecule has 1 aromatic rings. The predicted octanol–water partition coefficient (Wildman–Crippen LogP) is 4.17. The fourth-order valence-electron chi connectivity index (χ4n) is 2.47. The van der Waals surface area contributed by atoms with Crippen LogP contribution in [0.4, 0.5) is 23.2 Å². The lowest BCUT2D eigenvalue weighted by Gasteiger charge is -2.32. The molecule has 1 fully saturated rings. The number of nitrogens with one attached hydrogen (secondary N) is 1. The van der Waals surface area contributed by atoms with Crippen LogP contribution in [0.1, 0.15) is 12.8 Å². The smallest absolute Gasteiger partial charge is 0.385 e. The topological polar surface area (TPSA) is 15.3 Å². The number of halogens is 5. The molecular weight excluding hydrogens is 308 g/mol. The molecule has 2 rings (SSSR count). The maximum absolute atomic E-state index is 13.0. The Bertz CT molecular complexity index is 471. The summed E-state index contributed by atoms with van der Waals surface area (Å²) in [5.41, 5.74) is 0.721. The number of benzene rings is 1. The Balaban J connectivity index is 1.75. The third-order valence-electron chi connectivity index (χ3n) is 3.62. The van der Waals surface area contributed by atoms with Gasteiger partial charge in [0.05, 0.1) is 11.6 Å².